The molecule has 0 spiro atoms. The first-order chi connectivity index (χ1) is 12.2. The van der Waals surface area contributed by atoms with Crippen molar-refractivity contribution in [2.75, 3.05) is 5.32 Å². The van der Waals surface area contributed by atoms with Gasteiger partial charge in [0.15, 0.2) is 0 Å². The van der Waals surface area contributed by atoms with Gasteiger partial charge in [0, 0.05) is 29.6 Å². The minimum Gasteiger partial charge on any atom is -0.381 e. The monoisotopic (exact) mass is 351 g/mol. The molecule has 0 aliphatic heterocycles. The van der Waals surface area contributed by atoms with Crippen molar-refractivity contribution in [3.8, 4) is 5.95 Å². The van der Waals surface area contributed by atoms with Crippen LogP contribution in [0.2, 0.25) is 5.02 Å². The molecule has 4 aromatic rings. The van der Waals surface area contributed by atoms with Crippen molar-refractivity contribution in [1.29, 1.82) is 0 Å². The van der Waals surface area contributed by atoms with Crippen molar-refractivity contribution in [1.82, 2.24) is 19.7 Å². The second-order valence-electron chi connectivity index (χ2n) is 5.52. The van der Waals surface area contributed by atoms with Gasteiger partial charge in [0.1, 0.15) is 0 Å². The van der Waals surface area contributed by atoms with Crippen molar-refractivity contribution in [2.45, 2.75) is 6.54 Å². The number of fused-ring (bicyclic) bond motifs is 1. The smallest absolute Gasteiger partial charge is 0.260 e. The zero-order valence-corrected chi connectivity index (χ0v) is 13.9. The van der Waals surface area contributed by atoms with Gasteiger partial charge in [-0.3, -0.25) is 9.78 Å². The van der Waals surface area contributed by atoms with E-state index in [-0.39, 0.29) is 5.56 Å². The Morgan fingerprint density at radius 2 is 2.04 bits per heavy atom. The van der Waals surface area contributed by atoms with E-state index in [1.807, 2.05) is 36.4 Å². The van der Waals surface area contributed by atoms with Crippen LogP contribution in [-0.2, 0) is 6.54 Å². The molecule has 2 heterocycles. The van der Waals surface area contributed by atoms with Crippen LogP contribution in [0.25, 0.3) is 16.9 Å². The van der Waals surface area contributed by atoms with Crippen LogP contribution in [0.15, 0.2) is 65.7 Å². The fourth-order valence-corrected chi connectivity index (χ4v) is 2.78. The molecule has 2 aromatic carbocycles. The van der Waals surface area contributed by atoms with Gasteiger partial charge in [0.05, 0.1) is 10.9 Å². The van der Waals surface area contributed by atoms with Gasteiger partial charge in [-0.1, -0.05) is 29.8 Å². The van der Waals surface area contributed by atoms with E-state index in [0.29, 0.717) is 28.4 Å². The van der Waals surface area contributed by atoms with Crippen LogP contribution in [0.1, 0.15) is 5.56 Å². The number of nitrogens with zero attached hydrogens (tertiary/aromatic N) is 3. The highest BCUT2D eigenvalue weighted by molar-refractivity contribution is 6.31. The van der Waals surface area contributed by atoms with Crippen molar-refractivity contribution in [2.24, 2.45) is 0 Å². The largest absolute Gasteiger partial charge is 0.381 e. The van der Waals surface area contributed by atoms with E-state index in [4.69, 9.17) is 11.6 Å². The van der Waals surface area contributed by atoms with Gasteiger partial charge < -0.3 is 5.32 Å². The molecular formula is C18H14ClN5O. The first-order valence-corrected chi connectivity index (χ1v) is 8.10. The number of H-pyrrole nitrogens is 1. The van der Waals surface area contributed by atoms with Crippen molar-refractivity contribution in [3.63, 3.8) is 0 Å². The summed E-state index contributed by atoms with van der Waals surface area (Å²) >= 11 is 6.16. The van der Waals surface area contributed by atoms with E-state index in [2.05, 4.69) is 20.4 Å². The summed E-state index contributed by atoms with van der Waals surface area (Å²) in [5.74, 6) is 0.388. The van der Waals surface area contributed by atoms with Crippen LogP contribution in [0.5, 0.6) is 0 Å². The van der Waals surface area contributed by atoms with Crippen LogP contribution < -0.4 is 10.9 Å². The van der Waals surface area contributed by atoms with Gasteiger partial charge in [0.2, 0.25) is 5.95 Å². The lowest BCUT2D eigenvalue weighted by Crippen LogP contribution is -2.14. The van der Waals surface area contributed by atoms with Gasteiger partial charge >= 0.3 is 0 Å². The molecule has 0 atom stereocenters. The summed E-state index contributed by atoms with van der Waals surface area (Å²) in [5.41, 5.74) is 2.21. The Morgan fingerprint density at radius 3 is 2.84 bits per heavy atom. The third-order valence-electron chi connectivity index (χ3n) is 3.86. The molecule has 4 rings (SSSR count). The second kappa shape index (κ2) is 6.41. The molecule has 0 radical (unpaired) electrons. The fraction of sp³-hybridized carbons (Fsp3) is 0.0556. The number of nitrogens with one attached hydrogen (secondary N) is 2. The number of aromatic amines is 1. The topological polar surface area (TPSA) is 75.6 Å². The Kier molecular flexibility index (Phi) is 3.95. The molecule has 2 N–H and O–H groups in total. The molecule has 2 aromatic heterocycles. The third-order valence-corrected chi connectivity index (χ3v) is 4.22. The SMILES string of the molecule is O=c1[nH]c(-n2cccn2)nc2ccc(NCc3ccccc3Cl)cc12. The Labute approximate surface area is 148 Å². The lowest BCUT2D eigenvalue weighted by molar-refractivity contribution is 0.810. The molecule has 0 aliphatic rings. The molecule has 7 heteroatoms. The van der Waals surface area contributed by atoms with E-state index in [9.17, 15) is 4.79 Å². The lowest BCUT2D eigenvalue weighted by Gasteiger charge is -2.09. The number of rotatable bonds is 4. The Morgan fingerprint density at radius 1 is 1.16 bits per heavy atom. The van der Waals surface area contributed by atoms with Crippen LogP contribution in [0.3, 0.4) is 0 Å². The molecule has 124 valence electrons. The second-order valence-corrected chi connectivity index (χ2v) is 5.92. The van der Waals surface area contributed by atoms with E-state index in [1.165, 1.54) is 4.68 Å². The van der Waals surface area contributed by atoms with Crippen LogP contribution in [-0.4, -0.2) is 19.7 Å². The number of benzene rings is 2. The van der Waals surface area contributed by atoms with E-state index < -0.39 is 0 Å². The van der Waals surface area contributed by atoms with Gasteiger partial charge in [-0.05, 0) is 35.9 Å². The molecule has 0 amide bonds. The normalized spacial score (nSPS) is 10.9. The molecule has 0 saturated heterocycles. The molecule has 0 bridgehead atoms. The predicted octanol–water partition coefficient (Wildman–Crippen LogP) is 3.37. The molecule has 0 fully saturated rings. The van der Waals surface area contributed by atoms with Gasteiger partial charge in [-0.2, -0.15) is 5.10 Å². The standard InChI is InChI=1S/C18H14ClN5O/c19-15-5-2-1-4-12(15)11-20-13-6-7-16-14(10-13)17(25)23-18(22-16)24-9-3-8-21-24/h1-10,20H,11H2,(H,22,23,25). The van der Waals surface area contributed by atoms with E-state index in [1.54, 1.807) is 24.5 Å². The molecule has 6 nitrogen and oxygen atoms in total. The van der Waals surface area contributed by atoms with Gasteiger partial charge in [-0.25, -0.2) is 9.67 Å². The first kappa shape index (κ1) is 15.4. The maximum absolute atomic E-state index is 12.4. The summed E-state index contributed by atoms with van der Waals surface area (Å²) in [6.07, 6.45) is 3.36. The summed E-state index contributed by atoms with van der Waals surface area (Å²) in [5, 5.41) is 8.58. The number of anilines is 1. The number of aromatic nitrogens is 4. The third kappa shape index (κ3) is 3.12. The number of halogens is 1. The van der Waals surface area contributed by atoms with Crippen molar-refractivity contribution in [3.05, 3.63) is 81.9 Å². The Hall–Kier alpha value is -3.12. The zero-order chi connectivity index (χ0) is 17.2. The summed E-state index contributed by atoms with van der Waals surface area (Å²) in [7, 11) is 0. The van der Waals surface area contributed by atoms with Gasteiger partial charge in [0.25, 0.3) is 5.56 Å². The minimum absolute atomic E-state index is 0.211. The quantitative estimate of drug-likeness (QED) is 0.591. The molecule has 0 saturated carbocycles. The maximum Gasteiger partial charge on any atom is 0.260 e. The van der Waals surface area contributed by atoms with E-state index in [0.717, 1.165) is 11.3 Å². The minimum atomic E-state index is -0.211. The summed E-state index contributed by atoms with van der Waals surface area (Å²) in [6.45, 7) is 0.571. The van der Waals surface area contributed by atoms with Crippen LogP contribution >= 0.6 is 11.6 Å². The van der Waals surface area contributed by atoms with Crippen LogP contribution in [0.4, 0.5) is 5.69 Å². The maximum atomic E-state index is 12.4. The van der Waals surface area contributed by atoms with Gasteiger partial charge in [-0.15, -0.1) is 0 Å². The average Bonchev–Trinajstić information content (AvgIpc) is 3.16. The Bertz CT molecular complexity index is 1090. The van der Waals surface area contributed by atoms with Crippen molar-refractivity contribution < 1.29 is 0 Å². The lowest BCUT2D eigenvalue weighted by atomic mass is 10.2. The van der Waals surface area contributed by atoms with E-state index >= 15 is 0 Å². The molecule has 0 aliphatic carbocycles. The first-order valence-electron chi connectivity index (χ1n) is 7.72. The fourth-order valence-electron chi connectivity index (χ4n) is 2.58. The highest BCUT2D eigenvalue weighted by Crippen LogP contribution is 2.19. The highest BCUT2D eigenvalue weighted by Gasteiger charge is 2.07. The molecule has 25 heavy (non-hydrogen) atoms. The van der Waals surface area contributed by atoms with Crippen molar-refractivity contribution >= 4 is 28.2 Å². The number of hydrogen-bond donors (Lipinski definition) is 2. The van der Waals surface area contributed by atoms with Crippen LogP contribution in [0, 0.1) is 0 Å². The predicted molar refractivity (Wildman–Crippen MR) is 98.3 cm³/mol. The summed E-state index contributed by atoms with van der Waals surface area (Å²) in [6, 6.07) is 14.9. The average molecular weight is 352 g/mol. The Balaban J connectivity index is 1.64. The number of hydrogen-bond acceptors (Lipinski definition) is 4. The molecule has 0 unspecified atom stereocenters. The zero-order valence-electron chi connectivity index (χ0n) is 13.1. The highest BCUT2D eigenvalue weighted by atomic mass is 35.5. The summed E-state index contributed by atoms with van der Waals surface area (Å²) < 4.78 is 1.52. The summed E-state index contributed by atoms with van der Waals surface area (Å²) in [4.78, 5) is 19.6. The molecular weight excluding hydrogens is 338 g/mol.